The Kier molecular flexibility index (Phi) is 4.28. The van der Waals surface area contributed by atoms with Gasteiger partial charge in [0.15, 0.2) is 0 Å². The van der Waals surface area contributed by atoms with Crippen LogP contribution in [0.1, 0.15) is 20.8 Å². The molecule has 9 heteroatoms. The number of tetrazole rings is 1. The second-order valence-corrected chi connectivity index (χ2v) is 7.52. The third kappa shape index (κ3) is 4.44. The van der Waals surface area contributed by atoms with E-state index in [1.807, 2.05) is 0 Å². The van der Waals surface area contributed by atoms with Crippen LogP contribution in [0.15, 0.2) is 17.8 Å². The number of H-pyrrole nitrogens is 1. The average Bonchev–Trinajstić information content (AvgIpc) is 2.61. The van der Waals surface area contributed by atoms with Gasteiger partial charge in [0, 0.05) is 5.54 Å². The Hall–Kier alpha value is -0.930. The highest BCUT2D eigenvalue weighted by Crippen LogP contribution is 2.24. The summed E-state index contributed by atoms with van der Waals surface area (Å²) in [5.74, 6) is 0. The molecule has 7 nitrogen and oxygen atoms in total. The number of aromatic amines is 1. The van der Waals surface area contributed by atoms with Crippen molar-refractivity contribution in [3.05, 3.63) is 12.7 Å². The maximum absolute atomic E-state index is 12.0. The predicted molar refractivity (Wildman–Crippen MR) is 65.8 cm³/mol. The smallest absolute Gasteiger partial charge is 0.211 e. The van der Waals surface area contributed by atoms with E-state index in [0.717, 1.165) is 11.8 Å². The van der Waals surface area contributed by atoms with Gasteiger partial charge in [-0.15, -0.1) is 16.8 Å². The number of nitrogens with one attached hydrogen (secondary N) is 2. The summed E-state index contributed by atoms with van der Waals surface area (Å²) < 4.78 is 25.7. The Balaban J connectivity index is 2.83. The summed E-state index contributed by atoms with van der Waals surface area (Å²) in [5, 5.41) is 13.3. The van der Waals surface area contributed by atoms with Crippen molar-refractivity contribution in [2.45, 2.75) is 36.0 Å². The van der Waals surface area contributed by atoms with Crippen LogP contribution < -0.4 is 4.72 Å². The third-order valence-electron chi connectivity index (χ3n) is 1.49. The number of nitrogens with zero attached hydrogens (tertiary/aromatic N) is 3. The van der Waals surface area contributed by atoms with Crippen LogP contribution in [0.3, 0.4) is 0 Å². The summed E-state index contributed by atoms with van der Waals surface area (Å²) in [7, 11) is -3.53. The molecule has 0 fully saturated rings. The summed E-state index contributed by atoms with van der Waals surface area (Å²) in [6.07, 6.45) is 1.33. The monoisotopic (exact) mass is 277 g/mol. The van der Waals surface area contributed by atoms with Crippen molar-refractivity contribution in [2.75, 3.05) is 0 Å². The lowest BCUT2D eigenvalue weighted by Crippen LogP contribution is -2.44. The van der Waals surface area contributed by atoms with Crippen LogP contribution >= 0.6 is 11.8 Å². The standard InChI is InChI=1S/C8H15N5O2S2/c1-5-6(16-7-9-12-13-10-7)17(14,15)11-8(2,3)4/h5-6,11H,1H2,2-4H3,(H,9,10,12,13). The van der Waals surface area contributed by atoms with E-state index in [1.54, 1.807) is 20.8 Å². The van der Waals surface area contributed by atoms with Crippen molar-refractivity contribution in [1.82, 2.24) is 25.3 Å². The molecule has 1 atom stereocenters. The largest absolute Gasteiger partial charge is 0.232 e. The Morgan fingerprint density at radius 2 is 2.18 bits per heavy atom. The van der Waals surface area contributed by atoms with Crippen LogP contribution in [0.2, 0.25) is 0 Å². The fourth-order valence-corrected chi connectivity index (χ4v) is 3.65. The molecule has 1 aromatic heterocycles. The zero-order chi connectivity index (χ0) is 13.1. The first-order chi connectivity index (χ1) is 7.74. The molecule has 0 saturated heterocycles. The number of hydrogen-bond donors (Lipinski definition) is 2. The van der Waals surface area contributed by atoms with Gasteiger partial charge in [0.05, 0.1) is 0 Å². The molecule has 0 aliphatic carbocycles. The van der Waals surface area contributed by atoms with E-state index >= 15 is 0 Å². The Bertz CT molecular complexity index is 463. The summed E-state index contributed by atoms with van der Waals surface area (Å²) in [4.78, 5) is 0. The van der Waals surface area contributed by atoms with Gasteiger partial charge < -0.3 is 0 Å². The van der Waals surface area contributed by atoms with E-state index < -0.39 is 20.1 Å². The van der Waals surface area contributed by atoms with Gasteiger partial charge in [-0.1, -0.05) is 17.8 Å². The minimum Gasteiger partial charge on any atom is -0.211 e. The molecule has 0 saturated carbocycles. The minimum atomic E-state index is -3.53. The molecule has 0 amide bonds. The molecule has 17 heavy (non-hydrogen) atoms. The van der Waals surface area contributed by atoms with Gasteiger partial charge >= 0.3 is 0 Å². The Morgan fingerprint density at radius 3 is 2.59 bits per heavy atom. The fourth-order valence-electron chi connectivity index (χ4n) is 1.03. The van der Waals surface area contributed by atoms with Crippen molar-refractivity contribution in [3.8, 4) is 0 Å². The quantitative estimate of drug-likeness (QED) is 0.601. The third-order valence-corrected chi connectivity index (χ3v) is 5.05. The average molecular weight is 277 g/mol. The van der Waals surface area contributed by atoms with Crippen molar-refractivity contribution in [3.63, 3.8) is 0 Å². The van der Waals surface area contributed by atoms with Crippen LogP contribution in [0.25, 0.3) is 0 Å². The molecule has 0 spiro atoms. The summed E-state index contributed by atoms with van der Waals surface area (Å²) >= 11 is 0.959. The van der Waals surface area contributed by atoms with E-state index in [1.165, 1.54) is 6.08 Å². The zero-order valence-electron chi connectivity index (χ0n) is 9.84. The summed E-state index contributed by atoms with van der Waals surface area (Å²) in [5.41, 5.74) is -0.544. The molecule has 0 bridgehead atoms. The van der Waals surface area contributed by atoms with E-state index in [4.69, 9.17) is 0 Å². The second-order valence-electron chi connectivity index (χ2n) is 4.31. The molecular weight excluding hydrogens is 262 g/mol. The van der Waals surface area contributed by atoms with Gasteiger partial charge in [-0.3, -0.25) is 0 Å². The number of aromatic nitrogens is 4. The number of hydrogen-bond acceptors (Lipinski definition) is 6. The predicted octanol–water partition coefficient (Wildman–Crippen LogP) is 0.522. The number of sulfonamides is 1. The normalized spacial score (nSPS) is 14.5. The molecule has 0 radical (unpaired) electrons. The van der Waals surface area contributed by atoms with Gasteiger partial charge in [0.2, 0.25) is 15.2 Å². The first-order valence-electron chi connectivity index (χ1n) is 4.80. The number of rotatable bonds is 5. The molecule has 1 aromatic rings. The van der Waals surface area contributed by atoms with Crippen LogP contribution in [-0.4, -0.2) is 39.2 Å². The van der Waals surface area contributed by atoms with Crippen LogP contribution in [0.4, 0.5) is 0 Å². The summed E-state index contributed by atoms with van der Waals surface area (Å²) in [6.45, 7) is 8.81. The Morgan fingerprint density at radius 1 is 1.53 bits per heavy atom. The van der Waals surface area contributed by atoms with Crippen molar-refractivity contribution < 1.29 is 8.42 Å². The first kappa shape index (κ1) is 14.1. The van der Waals surface area contributed by atoms with Crippen LogP contribution in [-0.2, 0) is 10.0 Å². The SMILES string of the molecule is C=CC(Sc1nn[nH]n1)S(=O)(=O)NC(C)(C)C. The van der Waals surface area contributed by atoms with Gasteiger partial charge in [0.1, 0.15) is 4.58 Å². The summed E-state index contributed by atoms with van der Waals surface area (Å²) in [6, 6.07) is 0. The molecule has 96 valence electrons. The lowest BCUT2D eigenvalue weighted by Gasteiger charge is -2.22. The maximum Gasteiger partial charge on any atom is 0.232 e. The molecule has 1 rings (SSSR count). The van der Waals surface area contributed by atoms with E-state index in [9.17, 15) is 8.42 Å². The first-order valence-corrected chi connectivity index (χ1v) is 7.22. The second kappa shape index (κ2) is 5.15. The maximum atomic E-state index is 12.0. The van der Waals surface area contributed by atoms with Gasteiger partial charge in [0.25, 0.3) is 0 Å². The van der Waals surface area contributed by atoms with E-state index in [-0.39, 0.29) is 5.16 Å². The molecule has 0 aliphatic heterocycles. The van der Waals surface area contributed by atoms with Crippen LogP contribution in [0.5, 0.6) is 0 Å². The van der Waals surface area contributed by atoms with Crippen LogP contribution in [0, 0.1) is 0 Å². The molecule has 2 N–H and O–H groups in total. The highest BCUT2D eigenvalue weighted by atomic mass is 32.3. The highest BCUT2D eigenvalue weighted by Gasteiger charge is 2.29. The molecular formula is C8H15N5O2S2. The van der Waals surface area contributed by atoms with Crippen molar-refractivity contribution in [1.29, 1.82) is 0 Å². The molecule has 0 aliphatic rings. The van der Waals surface area contributed by atoms with E-state index in [0.29, 0.717) is 0 Å². The number of thioether (sulfide) groups is 1. The molecule has 0 aromatic carbocycles. The molecule has 1 heterocycles. The van der Waals surface area contributed by atoms with Gasteiger partial charge in [-0.25, -0.2) is 13.1 Å². The highest BCUT2D eigenvalue weighted by molar-refractivity contribution is 8.13. The van der Waals surface area contributed by atoms with Gasteiger partial charge in [-0.05, 0) is 26.0 Å². The van der Waals surface area contributed by atoms with Crippen molar-refractivity contribution in [2.24, 2.45) is 0 Å². The lowest BCUT2D eigenvalue weighted by molar-refractivity contribution is 0.492. The van der Waals surface area contributed by atoms with Crippen molar-refractivity contribution >= 4 is 21.8 Å². The molecule has 1 unspecified atom stereocenters. The minimum absolute atomic E-state index is 0.259. The lowest BCUT2D eigenvalue weighted by atomic mass is 10.1. The topological polar surface area (TPSA) is 101 Å². The Labute approximate surface area is 105 Å². The zero-order valence-corrected chi connectivity index (χ0v) is 11.5. The van der Waals surface area contributed by atoms with E-state index in [2.05, 4.69) is 31.9 Å². The fraction of sp³-hybridized carbons (Fsp3) is 0.625. The van der Waals surface area contributed by atoms with Gasteiger partial charge in [-0.2, -0.15) is 5.21 Å².